The lowest BCUT2D eigenvalue weighted by atomic mass is 9.90. The summed E-state index contributed by atoms with van der Waals surface area (Å²) >= 11 is 0. The van der Waals surface area contributed by atoms with Crippen molar-refractivity contribution in [1.82, 2.24) is 10.6 Å². The van der Waals surface area contributed by atoms with Gasteiger partial charge in [-0.25, -0.2) is 0 Å². The maximum absolute atomic E-state index is 5.31. The van der Waals surface area contributed by atoms with Crippen LogP contribution in [0.25, 0.3) is 0 Å². The van der Waals surface area contributed by atoms with Gasteiger partial charge in [-0.3, -0.25) is 0 Å². The standard InChI is InChI=1S/C15H22N2O/c1-15(10-18-11-15)17-13-7-8-16-14(9-13)12-5-3-2-4-6-12/h2-6,13-14,16-17H,7-11H2,1H3/t13-,14+/m1/s1. The van der Waals surface area contributed by atoms with Gasteiger partial charge in [-0.1, -0.05) is 30.3 Å². The second-order valence-electron chi connectivity index (χ2n) is 5.84. The van der Waals surface area contributed by atoms with Crippen molar-refractivity contribution in [1.29, 1.82) is 0 Å². The van der Waals surface area contributed by atoms with Crippen molar-refractivity contribution in [3.05, 3.63) is 35.9 Å². The third-order valence-electron chi connectivity index (χ3n) is 4.00. The normalized spacial score (nSPS) is 30.7. The molecule has 2 saturated heterocycles. The molecule has 0 aliphatic carbocycles. The Kier molecular flexibility index (Phi) is 3.37. The molecule has 2 aliphatic rings. The number of ether oxygens (including phenoxy) is 1. The van der Waals surface area contributed by atoms with Crippen LogP contribution in [0.3, 0.4) is 0 Å². The highest BCUT2D eigenvalue weighted by molar-refractivity contribution is 5.19. The number of hydrogen-bond donors (Lipinski definition) is 2. The Morgan fingerprint density at radius 2 is 2.06 bits per heavy atom. The first-order valence-corrected chi connectivity index (χ1v) is 6.89. The maximum atomic E-state index is 5.31. The lowest BCUT2D eigenvalue weighted by molar-refractivity contribution is -0.0714. The molecule has 3 rings (SSSR count). The van der Waals surface area contributed by atoms with E-state index in [0.717, 1.165) is 19.8 Å². The van der Waals surface area contributed by atoms with E-state index < -0.39 is 0 Å². The van der Waals surface area contributed by atoms with E-state index in [1.54, 1.807) is 0 Å². The molecule has 2 aliphatic heterocycles. The van der Waals surface area contributed by atoms with Crippen molar-refractivity contribution in [2.75, 3.05) is 19.8 Å². The van der Waals surface area contributed by atoms with Crippen LogP contribution in [0, 0.1) is 0 Å². The first kappa shape index (κ1) is 12.2. The molecule has 0 bridgehead atoms. The summed E-state index contributed by atoms with van der Waals surface area (Å²) in [5, 5.41) is 7.38. The van der Waals surface area contributed by atoms with Gasteiger partial charge in [-0.05, 0) is 31.9 Å². The van der Waals surface area contributed by atoms with Crippen LogP contribution in [0.2, 0.25) is 0 Å². The molecule has 1 aromatic rings. The Labute approximate surface area is 109 Å². The molecule has 2 fully saturated rings. The number of benzene rings is 1. The molecule has 2 atom stereocenters. The molecule has 0 saturated carbocycles. The van der Waals surface area contributed by atoms with Gasteiger partial charge in [0.2, 0.25) is 0 Å². The first-order chi connectivity index (χ1) is 8.75. The highest BCUT2D eigenvalue weighted by Gasteiger charge is 2.36. The van der Waals surface area contributed by atoms with Gasteiger partial charge in [0, 0.05) is 12.1 Å². The molecule has 98 valence electrons. The van der Waals surface area contributed by atoms with Gasteiger partial charge in [0.15, 0.2) is 0 Å². The topological polar surface area (TPSA) is 33.3 Å². The molecule has 0 spiro atoms. The van der Waals surface area contributed by atoms with E-state index >= 15 is 0 Å². The van der Waals surface area contributed by atoms with Crippen LogP contribution in [-0.4, -0.2) is 31.3 Å². The Bertz CT molecular complexity index is 389. The zero-order valence-electron chi connectivity index (χ0n) is 11.0. The Morgan fingerprint density at radius 3 is 2.72 bits per heavy atom. The molecule has 1 aromatic carbocycles. The number of nitrogens with one attached hydrogen (secondary N) is 2. The minimum Gasteiger partial charge on any atom is -0.377 e. The minimum atomic E-state index is 0.212. The second-order valence-corrected chi connectivity index (χ2v) is 5.84. The lowest BCUT2D eigenvalue weighted by Crippen LogP contribution is -2.62. The van der Waals surface area contributed by atoms with Crippen molar-refractivity contribution < 1.29 is 4.74 Å². The van der Waals surface area contributed by atoms with Gasteiger partial charge >= 0.3 is 0 Å². The molecule has 0 radical (unpaired) electrons. The van der Waals surface area contributed by atoms with Crippen LogP contribution in [-0.2, 0) is 4.74 Å². The third-order valence-corrected chi connectivity index (χ3v) is 4.00. The molecule has 2 heterocycles. The van der Waals surface area contributed by atoms with E-state index in [1.807, 2.05) is 0 Å². The molecule has 18 heavy (non-hydrogen) atoms. The fourth-order valence-electron chi connectivity index (χ4n) is 2.97. The van der Waals surface area contributed by atoms with Crippen molar-refractivity contribution in [3.8, 4) is 0 Å². The van der Waals surface area contributed by atoms with Crippen molar-refractivity contribution in [2.45, 2.75) is 37.4 Å². The molecule has 0 aromatic heterocycles. The molecule has 0 unspecified atom stereocenters. The Balaban J connectivity index is 1.62. The van der Waals surface area contributed by atoms with Gasteiger partial charge in [0.25, 0.3) is 0 Å². The van der Waals surface area contributed by atoms with E-state index in [0.29, 0.717) is 12.1 Å². The van der Waals surface area contributed by atoms with Crippen LogP contribution >= 0.6 is 0 Å². The number of hydrogen-bond acceptors (Lipinski definition) is 3. The largest absolute Gasteiger partial charge is 0.377 e. The third kappa shape index (κ3) is 2.58. The van der Waals surface area contributed by atoms with Crippen LogP contribution in [0.5, 0.6) is 0 Å². The Morgan fingerprint density at radius 1 is 1.28 bits per heavy atom. The lowest BCUT2D eigenvalue weighted by Gasteiger charge is -2.44. The Hall–Kier alpha value is -0.900. The smallest absolute Gasteiger partial charge is 0.0669 e. The minimum absolute atomic E-state index is 0.212. The summed E-state index contributed by atoms with van der Waals surface area (Å²) in [6, 6.07) is 11.8. The van der Waals surface area contributed by atoms with E-state index in [4.69, 9.17) is 4.74 Å². The van der Waals surface area contributed by atoms with Gasteiger partial charge in [-0.2, -0.15) is 0 Å². The van der Waals surface area contributed by atoms with Crippen LogP contribution in [0.1, 0.15) is 31.4 Å². The second kappa shape index (κ2) is 5.00. The molecule has 2 N–H and O–H groups in total. The summed E-state index contributed by atoms with van der Waals surface area (Å²) in [4.78, 5) is 0. The van der Waals surface area contributed by atoms with E-state index in [2.05, 4.69) is 47.9 Å². The average molecular weight is 246 g/mol. The summed E-state index contributed by atoms with van der Waals surface area (Å²) in [6.07, 6.45) is 2.37. The van der Waals surface area contributed by atoms with Crippen molar-refractivity contribution >= 4 is 0 Å². The highest BCUT2D eigenvalue weighted by Crippen LogP contribution is 2.26. The summed E-state index contributed by atoms with van der Waals surface area (Å²) in [5.41, 5.74) is 1.61. The van der Waals surface area contributed by atoms with Crippen molar-refractivity contribution in [3.63, 3.8) is 0 Å². The first-order valence-electron chi connectivity index (χ1n) is 6.89. The molecule has 3 heteroatoms. The quantitative estimate of drug-likeness (QED) is 0.854. The average Bonchev–Trinajstić information content (AvgIpc) is 2.38. The maximum Gasteiger partial charge on any atom is 0.0669 e. The molecule has 0 amide bonds. The monoisotopic (exact) mass is 246 g/mol. The predicted octanol–water partition coefficient (Wildman–Crippen LogP) is 1.86. The predicted molar refractivity (Wildman–Crippen MR) is 72.6 cm³/mol. The summed E-state index contributed by atoms with van der Waals surface area (Å²) < 4.78 is 5.31. The van der Waals surface area contributed by atoms with Crippen LogP contribution < -0.4 is 10.6 Å². The summed E-state index contributed by atoms with van der Waals surface area (Å²) in [6.45, 7) is 5.06. The molecular formula is C15H22N2O. The summed E-state index contributed by atoms with van der Waals surface area (Å²) in [5.74, 6) is 0. The van der Waals surface area contributed by atoms with E-state index in [-0.39, 0.29) is 5.54 Å². The van der Waals surface area contributed by atoms with Gasteiger partial charge in [0.1, 0.15) is 0 Å². The zero-order valence-corrected chi connectivity index (χ0v) is 11.0. The number of piperidine rings is 1. The van der Waals surface area contributed by atoms with Gasteiger partial charge in [0.05, 0.1) is 18.8 Å². The van der Waals surface area contributed by atoms with Crippen molar-refractivity contribution in [2.24, 2.45) is 0 Å². The fourth-order valence-corrected chi connectivity index (χ4v) is 2.97. The molecule has 3 nitrogen and oxygen atoms in total. The van der Waals surface area contributed by atoms with Gasteiger partial charge < -0.3 is 15.4 Å². The highest BCUT2D eigenvalue weighted by atomic mass is 16.5. The SMILES string of the molecule is CC1(N[C@@H]2CCN[C@H](c3ccccc3)C2)COC1. The van der Waals surface area contributed by atoms with E-state index in [9.17, 15) is 0 Å². The van der Waals surface area contributed by atoms with Crippen LogP contribution in [0.15, 0.2) is 30.3 Å². The number of rotatable bonds is 3. The fraction of sp³-hybridized carbons (Fsp3) is 0.600. The van der Waals surface area contributed by atoms with Crippen LogP contribution in [0.4, 0.5) is 0 Å². The summed E-state index contributed by atoms with van der Waals surface area (Å²) in [7, 11) is 0. The molecular weight excluding hydrogens is 224 g/mol. The van der Waals surface area contributed by atoms with E-state index in [1.165, 1.54) is 18.4 Å². The zero-order chi connectivity index (χ0) is 12.4. The van der Waals surface area contributed by atoms with Gasteiger partial charge in [-0.15, -0.1) is 0 Å².